The van der Waals surface area contributed by atoms with Gasteiger partial charge in [0, 0.05) is 31.9 Å². The summed E-state index contributed by atoms with van der Waals surface area (Å²) in [5.41, 5.74) is 2.74. The highest BCUT2D eigenvalue weighted by Gasteiger charge is 2.34. The molecule has 7 heteroatoms. The van der Waals surface area contributed by atoms with E-state index in [1.165, 1.54) is 11.3 Å². The minimum atomic E-state index is 0.378. The average molecular weight is 342 g/mol. The minimum Gasteiger partial charge on any atom is -0.378 e. The van der Waals surface area contributed by atoms with Crippen LogP contribution in [0, 0.1) is 0 Å². The summed E-state index contributed by atoms with van der Waals surface area (Å²) < 4.78 is 7.42. The molecular formula is C18H26N6O. The van der Waals surface area contributed by atoms with Crippen molar-refractivity contribution >= 4 is 11.9 Å². The van der Waals surface area contributed by atoms with Crippen LogP contribution in [0.15, 0.2) is 36.6 Å². The quantitative estimate of drug-likeness (QED) is 0.793. The van der Waals surface area contributed by atoms with Crippen LogP contribution >= 0.6 is 0 Å². The molecule has 1 fully saturated rings. The largest absolute Gasteiger partial charge is 0.378 e. The molecule has 1 aliphatic carbocycles. The molecule has 134 valence electrons. The predicted molar refractivity (Wildman–Crippen MR) is 98.7 cm³/mol. The molecule has 0 aromatic carbocycles. The number of rotatable bonds is 6. The van der Waals surface area contributed by atoms with E-state index in [2.05, 4.69) is 28.3 Å². The van der Waals surface area contributed by atoms with Crippen LogP contribution < -0.4 is 10.2 Å². The number of allylic oxidation sites excluding steroid dienone is 1. The van der Waals surface area contributed by atoms with Crippen LogP contribution in [0.25, 0.3) is 0 Å². The van der Waals surface area contributed by atoms with Gasteiger partial charge in [0.15, 0.2) is 0 Å². The van der Waals surface area contributed by atoms with E-state index in [1.807, 2.05) is 16.8 Å². The van der Waals surface area contributed by atoms with E-state index in [4.69, 9.17) is 14.8 Å². The first-order valence-electron chi connectivity index (χ1n) is 9.02. The maximum absolute atomic E-state index is 5.42. The van der Waals surface area contributed by atoms with Crippen LogP contribution in [0.3, 0.4) is 0 Å². The number of ether oxygens (including phenoxy) is 1. The first kappa shape index (κ1) is 16.4. The SMILES string of the molecule is C=CCN(CC=C)C1CCC2=C1Nc1nc(N3CCOCC3)nn1C2. The number of hydrogen-bond donors (Lipinski definition) is 1. The summed E-state index contributed by atoms with van der Waals surface area (Å²) in [7, 11) is 0. The molecule has 3 aliphatic rings. The molecule has 0 saturated carbocycles. The van der Waals surface area contributed by atoms with Crippen LogP contribution in [0.4, 0.5) is 11.9 Å². The third-order valence-corrected chi connectivity index (χ3v) is 5.14. The van der Waals surface area contributed by atoms with Gasteiger partial charge in [0.25, 0.3) is 0 Å². The van der Waals surface area contributed by atoms with Crippen LogP contribution in [0.1, 0.15) is 12.8 Å². The second-order valence-electron chi connectivity index (χ2n) is 6.72. The number of hydrogen-bond acceptors (Lipinski definition) is 6. The minimum absolute atomic E-state index is 0.378. The van der Waals surface area contributed by atoms with Crippen LogP contribution in [-0.2, 0) is 11.3 Å². The molecule has 1 N–H and O–H groups in total. The number of aromatic nitrogens is 3. The number of anilines is 2. The highest BCUT2D eigenvalue weighted by atomic mass is 16.5. The van der Waals surface area contributed by atoms with Crippen molar-refractivity contribution in [2.24, 2.45) is 0 Å². The Bertz CT molecular complexity index is 678. The lowest BCUT2D eigenvalue weighted by Crippen LogP contribution is -2.38. The van der Waals surface area contributed by atoms with Gasteiger partial charge in [-0.2, -0.15) is 4.98 Å². The summed E-state index contributed by atoms with van der Waals surface area (Å²) in [6.45, 7) is 13.5. The van der Waals surface area contributed by atoms with Gasteiger partial charge in [-0.05, 0) is 18.4 Å². The zero-order valence-corrected chi connectivity index (χ0v) is 14.7. The normalized spacial score (nSPS) is 22.6. The molecule has 0 bridgehead atoms. The summed E-state index contributed by atoms with van der Waals surface area (Å²) in [5, 5.41) is 8.28. The van der Waals surface area contributed by atoms with Gasteiger partial charge in [-0.25, -0.2) is 4.68 Å². The number of fused-ring (bicyclic) bond motifs is 1. The highest BCUT2D eigenvalue weighted by molar-refractivity contribution is 5.49. The summed E-state index contributed by atoms with van der Waals surface area (Å²) in [6, 6.07) is 0.378. The fourth-order valence-electron chi connectivity index (χ4n) is 3.92. The van der Waals surface area contributed by atoms with Crippen LogP contribution in [0.5, 0.6) is 0 Å². The molecule has 1 aromatic heterocycles. The summed E-state index contributed by atoms with van der Waals surface area (Å²) in [4.78, 5) is 9.34. The zero-order chi connectivity index (χ0) is 17.2. The zero-order valence-electron chi connectivity index (χ0n) is 14.7. The van der Waals surface area contributed by atoms with Crippen molar-refractivity contribution in [3.63, 3.8) is 0 Å². The van der Waals surface area contributed by atoms with Crippen molar-refractivity contribution in [1.29, 1.82) is 0 Å². The highest BCUT2D eigenvalue weighted by Crippen LogP contribution is 2.35. The van der Waals surface area contributed by atoms with Gasteiger partial charge in [0.05, 0.1) is 25.8 Å². The maximum atomic E-state index is 5.42. The van der Waals surface area contributed by atoms with E-state index in [9.17, 15) is 0 Å². The molecule has 2 aliphatic heterocycles. The van der Waals surface area contributed by atoms with Crippen LogP contribution in [0.2, 0.25) is 0 Å². The summed E-state index contributed by atoms with van der Waals surface area (Å²) in [6.07, 6.45) is 6.15. The van der Waals surface area contributed by atoms with Crippen molar-refractivity contribution < 1.29 is 4.74 Å². The molecule has 0 amide bonds. The molecule has 0 radical (unpaired) electrons. The molecular weight excluding hydrogens is 316 g/mol. The Morgan fingerprint density at radius 2 is 2.00 bits per heavy atom. The van der Waals surface area contributed by atoms with Gasteiger partial charge in [0.1, 0.15) is 0 Å². The lowest BCUT2D eigenvalue weighted by Gasteiger charge is -2.30. The van der Waals surface area contributed by atoms with Gasteiger partial charge < -0.3 is 15.0 Å². The molecule has 1 saturated heterocycles. The van der Waals surface area contributed by atoms with Gasteiger partial charge in [0.2, 0.25) is 11.9 Å². The summed E-state index contributed by atoms with van der Waals surface area (Å²) >= 11 is 0. The average Bonchev–Trinajstić information content (AvgIpc) is 3.23. The van der Waals surface area contributed by atoms with E-state index in [0.717, 1.165) is 70.7 Å². The summed E-state index contributed by atoms with van der Waals surface area (Å²) in [5.74, 6) is 1.65. The topological polar surface area (TPSA) is 58.4 Å². The van der Waals surface area contributed by atoms with Crippen molar-refractivity contribution in [2.75, 3.05) is 49.6 Å². The Morgan fingerprint density at radius 1 is 1.24 bits per heavy atom. The van der Waals surface area contributed by atoms with E-state index in [1.54, 1.807) is 0 Å². The standard InChI is InChI=1S/C18H26N6O/c1-3-7-22(8-4-2)15-6-5-14-13-24-17(19-16(14)15)20-18(21-24)23-9-11-25-12-10-23/h3-4,15H,1-2,5-13H2,(H,19,20,21). The van der Waals surface area contributed by atoms with Gasteiger partial charge in [-0.1, -0.05) is 12.2 Å². The first-order chi connectivity index (χ1) is 12.3. The van der Waals surface area contributed by atoms with Crippen molar-refractivity contribution in [2.45, 2.75) is 25.4 Å². The second-order valence-corrected chi connectivity index (χ2v) is 6.72. The molecule has 1 unspecified atom stereocenters. The Morgan fingerprint density at radius 3 is 2.72 bits per heavy atom. The number of nitrogens with zero attached hydrogens (tertiary/aromatic N) is 5. The smallest absolute Gasteiger partial charge is 0.246 e. The van der Waals surface area contributed by atoms with Crippen LogP contribution in [-0.4, -0.2) is 65.1 Å². The molecule has 4 rings (SSSR count). The third-order valence-electron chi connectivity index (χ3n) is 5.14. The van der Waals surface area contributed by atoms with Gasteiger partial charge in [-0.15, -0.1) is 18.3 Å². The van der Waals surface area contributed by atoms with Crippen molar-refractivity contribution in [3.05, 3.63) is 36.6 Å². The third kappa shape index (κ3) is 3.09. The van der Waals surface area contributed by atoms with Crippen molar-refractivity contribution in [3.8, 4) is 0 Å². The molecule has 0 spiro atoms. The molecule has 7 nitrogen and oxygen atoms in total. The Hall–Kier alpha value is -2.12. The van der Waals surface area contributed by atoms with Gasteiger partial charge in [-0.3, -0.25) is 4.90 Å². The Kier molecular flexibility index (Phi) is 4.59. The second kappa shape index (κ2) is 7.01. The van der Waals surface area contributed by atoms with E-state index < -0.39 is 0 Å². The number of morpholine rings is 1. The predicted octanol–water partition coefficient (Wildman–Crippen LogP) is 1.63. The molecule has 1 aromatic rings. The number of nitrogens with one attached hydrogen (secondary N) is 1. The van der Waals surface area contributed by atoms with E-state index >= 15 is 0 Å². The molecule has 3 heterocycles. The first-order valence-corrected chi connectivity index (χ1v) is 9.02. The van der Waals surface area contributed by atoms with E-state index in [-0.39, 0.29) is 0 Å². The van der Waals surface area contributed by atoms with E-state index in [0.29, 0.717) is 6.04 Å². The fourth-order valence-corrected chi connectivity index (χ4v) is 3.92. The molecule has 1 atom stereocenters. The monoisotopic (exact) mass is 342 g/mol. The van der Waals surface area contributed by atoms with Crippen molar-refractivity contribution in [1.82, 2.24) is 19.7 Å². The Balaban J connectivity index is 1.53. The van der Waals surface area contributed by atoms with Gasteiger partial charge >= 0.3 is 0 Å². The lowest BCUT2D eigenvalue weighted by molar-refractivity contribution is 0.122. The Labute approximate surface area is 148 Å². The molecule has 25 heavy (non-hydrogen) atoms. The fraction of sp³-hybridized carbons (Fsp3) is 0.556. The maximum Gasteiger partial charge on any atom is 0.246 e. The lowest BCUT2D eigenvalue weighted by atomic mass is 10.1.